The molecular formula is C23H35N5O2S. The third-order valence-corrected chi connectivity index (χ3v) is 6.22. The average molecular weight is 446 g/mol. The monoisotopic (exact) mass is 445 g/mol. The Labute approximate surface area is 189 Å². The second-order valence-corrected chi connectivity index (χ2v) is 8.94. The van der Waals surface area contributed by atoms with Gasteiger partial charge in [-0.2, -0.15) is 0 Å². The molecule has 7 nitrogen and oxygen atoms in total. The fraction of sp³-hybridized carbons (Fsp3) is 0.565. The molecule has 1 fully saturated rings. The molecular weight excluding hydrogens is 410 g/mol. The van der Waals surface area contributed by atoms with E-state index in [1.807, 2.05) is 24.3 Å². The standard InChI is InChI=1S/C23H35N5O2S/c1-18-26-21(17-31-18)16-28-10-8-19(9-11-28)15-25-23(24-2)27-20-6-4-7-22(14-20)30-13-5-12-29-3/h4,6-7,14,17,19H,5,8-13,15-16H2,1-3H3,(H2,24,25,27). The first-order chi connectivity index (χ1) is 15.2. The maximum Gasteiger partial charge on any atom is 0.195 e. The highest BCUT2D eigenvalue weighted by Crippen LogP contribution is 2.20. The molecule has 3 rings (SSSR count). The van der Waals surface area contributed by atoms with Gasteiger partial charge in [0.15, 0.2) is 5.96 Å². The number of hydrogen-bond donors (Lipinski definition) is 2. The summed E-state index contributed by atoms with van der Waals surface area (Å²) in [6.07, 6.45) is 3.26. The summed E-state index contributed by atoms with van der Waals surface area (Å²) in [7, 11) is 3.51. The van der Waals surface area contributed by atoms with Gasteiger partial charge < -0.3 is 20.1 Å². The van der Waals surface area contributed by atoms with E-state index in [0.29, 0.717) is 19.1 Å². The molecule has 2 N–H and O–H groups in total. The first-order valence-electron chi connectivity index (χ1n) is 11.0. The number of anilines is 1. The maximum atomic E-state index is 5.78. The van der Waals surface area contributed by atoms with Crippen LogP contribution in [0.25, 0.3) is 0 Å². The van der Waals surface area contributed by atoms with E-state index in [-0.39, 0.29) is 0 Å². The van der Waals surface area contributed by atoms with Crippen molar-refractivity contribution >= 4 is 23.0 Å². The molecule has 31 heavy (non-hydrogen) atoms. The van der Waals surface area contributed by atoms with Crippen molar-refractivity contribution in [2.75, 3.05) is 52.3 Å². The molecule has 0 amide bonds. The van der Waals surface area contributed by atoms with Gasteiger partial charge in [-0.25, -0.2) is 4.98 Å². The van der Waals surface area contributed by atoms with Crippen molar-refractivity contribution in [1.29, 1.82) is 0 Å². The Morgan fingerprint density at radius 3 is 2.84 bits per heavy atom. The Morgan fingerprint density at radius 1 is 1.29 bits per heavy atom. The summed E-state index contributed by atoms with van der Waals surface area (Å²) in [6, 6.07) is 7.97. The second-order valence-electron chi connectivity index (χ2n) is 7.88. The number of piperidine rings is 1. The van der Waals surface area contributed by atoms with Crippen LogP contribution in [0.15, 0.2) is 34.6 Å². The predicted octanol–water partition coefficient (Wildman–Crippen LogP) is 3.77. The number of thiazole rings is 1. The van der Waals surface area contributed by atoms with E-state index in [0.717, 1.165) is 55.0 Å². The van der Waals surface area contributed by atoms with Crippen LogP contribution in [0, 0.1) is 12.8 Å². The fourth-order valence-corrected chi connectivity index (χ4v) is 4.28. The van der Waals surface area contributed by atoms with Crippen molar-refractivity contribution in [3.63, 3.8) is 0 Å². The average Bonchev–Trinajstić information content (AvgIpc) is 3.20. The second kappa shape index (κ2) is 12.6. The Bertz CT molecular complexity index is 818. The molecule has 0 radical (unpaired) electrons. The Balaban J connectivity index is 1.39. The van der Waals surface area contributed by atoms with E-state index >= 15 is 0 Å². The van der Waals surface area contributed by atoms with E-state index in [4.69, 9.17) is 9.47 Å². The highest BCUT2D eigenvalue weighted by Gasteiger charge is 2.20. The number of hydrogen-bond acceptors (Lipinski definition) is 6. The van der Waals surface area contributed by atoms with Crippen molar-refractivity contribution in [2.24, 2.45) is 10.9 Å². The quantitative estimate of drug-likeness (QED) is 0.330. The number of likely N-dealkylation sites (tertiary alicyclic amines) is 1. The zero-order valence-corrected chi connectivity index (χ0v) is 19.7. The highest BCUT2D eigenvalue weighted by molar-refractivity contribution is 7.09. The summed E-state index contributed by atoms with van der Waals surface area (Å²) in [4.78, 5) is 11.5. The number of aryl methyl sites for hydroxylation is 1. The molecule has 8 heteroatoms. The number of rotatable bonds is 10. The molecule has 0 atom stereocenters. The van der Waals surface area contributed by atoms with Crippen LogP contribution in [-0.4, -0.2) is 62.8 Å². The lowest BCUT2D eigenvalue weighted by molar-refractivity contribution is 0.172. The van der Waals surface area contributed by atoms with Crippen LogP contribution in [-0.2, 0) is 11.3 Å². The SMILES string of the molecule is CN=C(NCC1CCN(Cc2csc(C)n2)CC1)Nc1cccc(OCCCOC)c1. The van der Waals surface area contributed by atoms with Crippen LogP contribution in [0.5, 0.6) is 5.75 Å². The number of nitrogens with zero attached hydrogens (tertiary/aromatic N) is 3. The van der Waals surface area contributed by atoms with Gasteiger partial charge in [-0.1, -0.05) is 6.07 Å². The lowest BCUT2D eigenvalue weighted by Gasteiger charge is -2.31. The van der Waals surface area contributed by atoms with Crippen LogP contribution in [0.4, 0.5) is 5.69 Å². The minimum atomic E-state index is 0.644. The highest BCUT2D eigenvalue weighted by atomic mass is 32.1. The third kappa shape index (κ3) is 8.12. The maximum absolute atomic E-state index is 5.78. The molecule has 2 heterocycles. The zero-order chi connectivity index (χ0) is 21.9. The summed E-state index contributed by atoms with van der Waals surface area (Å²) in [6.45, 7) is 7.56. The minimum Gasteiger partial charge on any atom is -0.493 e. The number of aromatic nitrogens is 1. The van der Waals surface area contributed by atoms with E-state index in [2.05, 4.69) is 37.8 Å². The smallest absolute Gasteiger partial charge is 0.195 e. The number of guanidine groups is 1. The first-order valence-corrected chi connectivity index (χ1v) is 11.9. The summed E-state index contributed by atoms with van der Waals surface area (Å²) in [5.41, 5.74) is 2.17. The van der Waals surface area contributed by atoms with Gasteiger partial charge >= 0.3 is 0 Å². The molecule has 170 valence electrons. The van der Waals surface area contributed by atoms with Crippen LogP contribution in [0.1, 0.15) is 30.0 Å². The lowest BCUT2D eigenvalue weighted by Crippen LogP contribution is -2.40. The van der Waals surface area contributed by atoms with Gasteiger partial charge in [-0.3, -0.25) is 9.89 Å². The van der Waals surface area contributed by atoms with Crippen molar-refractivity contribution in [3.05, 3.63) is 40.3 Å². The fourth-order valence-electron chi connectivity index (χ4n) is 3.67. The molecule has 1 aromatic heterocycles. The van der Waals surface area contributed by atoms with Gasteiger partial charge in [0, 0.05) is 57.4 Å². The van der Waals surface area contributed by atoms with E-state index in [1.54, 1.807) is 25.5 Å². The number of benzene rings is 1. The summed E-state index contributed by atoms with van der Waals surface area (Å²) in [5, 5.41) is 10.2. The third-order valence-electron chi connectivity index (χ3n) is 5.40. The summed E-state index contributed by atoms with van der Waals surface area (Å²) < 4.78 is 10.8. The van der Waals surface area contributed by atoms with Crippen LogP contribution < -0.4 is 15.4 Å². The van der Waals surface area contributed by atoms with Crippen molar-refractivity contribution in [2.45, 2.75) is 32.7 Å². The van der Waals surface area contributed by atoms with Crippen molar-refractivity contribution in [1.82, 2.24) is 15.2 Å². The van der Waals surface area contributed by atoms with E-state index < -0.39 is 0 Å². The van der Waals surface area contributed by atoms with Gasteiger partial charge in [-0.05, 0) is 50.9 Å². The molecule has 0 spiro atoms. The number of aliphatic imine (C=N–C) groups is 1. The Morgan fingerprint density at radius 2 is 2.13 bits per heavy atom. The topological polar surface area (TPSA) is 71.0 Å². The molecule has 1 aromatic carbocycles. The van der Waals surface area contributed by atoms with Crippen molar-refractivity contribution < 1.29 is 9.47 Å². The Hall–Kier alpha value is -2.16. The number of ether oxygens (including phenoxy) is 2. The lowest BCUT2D eigenvalue weighted by atomic mass is 9.97. The van der Waals surface area contributed by atoms with Gasteiger partial charge in [0.1, 0.15) is 5.75 Å². The summed E-state index contributed by atoms with van der Waals surface area (Å²) in [5.74, 6) is 2.29. The molecule has 0 aliphatic carbocycles. The normalized spacial score (nSPS) is 15.8. The van der Waals surface area contributed by atoms with Gasteiger partial charge in [-0.15, -0.1) is 11.3 Å². The minimum absolute atomic E-state index is 0.644. The largest absolute Gasteiger partial charge is 0.493 e. The molecule has 1 aliphatic heterocycles. The zero-order valence-electron chi connectivity index (χ0n) is 18.9. The predicted molar refractivity (Wildman–Crippen MR) is 128 cm³/mol. The molecule has 1 aliphatic rings. The van der Waals surface area contributed by atoms with Crippen molar-refractivity contribution in [3.8, 4) is 5.75 Å². The van der Waals surface area contributed by atoms with E-state index in [1.165, 1.54) is 18.5 Å². The number of methoxy groups -OCH3 is 1. The van der Waals surface area contributed by atoms with Crippen LogP contribution >= 0.6 is 11.3 Å². The Kier molecular flexibility index (Phi) is 9.58. The first kappa shape index (κ1) is 23.5. The number of nitrogens with one attached hydrogen (secondary N) is 2. The van der Waals surface area contributed by atoms with Gasteiger partial charge in [0.05, 0.1) is 17.3 Å². The van der Waals surface area contributed by atoms with Gasteiger partial charge in [0.2, 0.25) is 0 Å². The van der Waals surface area contributed by atoms with E-state index in [9.17, 15) is 0 Å². The summed E-state index contributed by atoms with van der Waals surface area (Å²) >= 11 is 1.73. The molecule has 0 bridgehead atoms. The molecule has 0 saturated carbocycles. The van der Waals surface area contributed by atoms with Crippen LogP contribution in [0.3, 0.4) is 0 Å². The molecule has 0 unspecified atom stereocenters. The molecule has 1 saturated heterocycles. The van der Waals surface area contributed by atoms with Crippen LogP contribution in [0.2, 0.25) is 0 Å². The van der Waals surface area contributed by atoms with Gasteiger partial charge in [0.25, 0.3) is 0 Å². The molecule has 2 aromatic rings.